The monoisotopic (exact) mass is 371 g/mol. The number of rotatable bonds is 14. The van der Waals surface area contributed by atoms with Gasteiger partial charge in [-0.2, -0.15) is 8.42 Å². The van der Waals surface area contributed by atoms with Gasteiger partial charge in [-0.05, 0) is 18.6 Å². The first-order valence-corrected chi connectivity index (χ1v) is 10.7. The molecule has 0 fully saturated rings. The molecule has 0 aliphatic heterocycles. The average Bonchev–Trinajstić information content (AvgIpc) is 2.56. The van der Waals surface area contributed by atoms with Gasteiger partial charge in [0.1, 0.15) is 5.75 Å². The van der Waals surface area contributed by atoms with Crippen molar-refractivity contribution in [3.8, 4) is 5.75 Å². The van der Waals surface area contributed by atoms with Crippen LogP contribution in [-0.2, 0) is 10.1 Å². The lowest BCUT2D eigenvalue weighted by Gasteiger charge is -2.07. The van der Waals surface area contributed by atoms with Crippen molar-refractivity contribution in [2.45, 2.75) is 71.1 Å². The van der Waals surface area contributed by atoms with Crippen LogP contribution in [0.4, 0.5) is 5.69 Å². The summed E-state index contributed by atoms with van der Waals surface area (Å²) in [5.74, 6) is 0.0817. The minimum atomic E-state index is -3.65. The lowest BCUT2D eigenvalue weighted by molar-refractivity contribution is -0.384. The van der Waals surface area contributed by atoms with Gasteiger partial charge in [0.25, 0.3) is 5.69 Å². The Bertz CT molecular complexity index is 598. The molecule has 1 rings (SSSR count). The molecule has 0 saturated heterocycles. The molecule has 0 N–H and O–H groups in total. The number of non-ortho nitro benzene ring substituents is 1. The lowest BCUT2D eigenvalue weighted by Crippen LogP contribution is -2.13. The molecule has 0 aliphatic carbocycles. The average molecular weight is 371 g/mol. The summed E-state index contributed by atoms with van der Waals surface area (Å²) in [5, 5.41) is 10.6. The van der Waals surface area contributed by atoms with Crippen LogP contribution < -0.4 is 4.18 Å². The summed E-state index contributed by atoms with van der Waals surface area (Å²) in [7, 11) is -3.65. The minimum absolute atomic E-state index is 0.0273. The van der Waals surface area contributed by atoms with Gasteiger partial charge in [-0.3, -0.25) is 10.1 Å². The second-order valence-corrected chi connectivity index (χ2v) is 7.97. The van der Waals surface area contributed by atoms with E-state index in [1.807, 2.05) is 0 Å². The summed E-state index contributed by atoms with van der Waals surface area (Å²) in [6.07, 6.45) is 11.3. The summed E-state index contributed by atoms with van der Waals surface area (Å²) >= 11 is 0. The van der Waals surface area contributed by atoms with Crippen LogP contribution in [0.25, 0.3) is 0 Å². The fraction of sp³-hybridized carbons (Fsp3) is 0.667. The molecule has 0 atom stereocenters. The molecule has 0 bridgehead atoms. The molecule has 0 unspecified atom stereocenters. The van der Waals surface area contributed by atoms with Gasteiger partial charge in [0.2, 0.25) is 0 Å². The molecular weight excluding hydrogens is 342 g/mol. The molecule has 6 nitrogen and oxygen atoms in total. The van der Waals surface area contributed by atoms with E-state index in [4.69, 9.17) is 4.18 Å². The largest absolute Gasteiger partial charge is 0.382 e. The van der Waals surface area contributed by atoms with Crippen molar-refractivity contribution >= 4 is 15.8 Å². The highest BCUT2D eigenvalue weighted by molar-refractivity contribution is 7.87. The summed E-state index contributed by atoms with van der Waals surface area (Å²) in [6, 6.07) is 5.05. The van der Waals surface area contributed by atoms with Gasteiger partial charge >= 0.3 is 10.1 Å². The minimum Gasteiger partial charge on any atom is -0.382 e. The predicted octanol–water partition coefficient (Wildman–Crippen LogP) is 5.22. The van der Waals surface area contributed by atoms with E-state index in [0.29, 0.717) is 6.42 Å². The van der Waals surface area contributed by atoms with Crippen LogP contribution >= 0.6 is 0 Å². The summed E-state index contributed by atoms with van der Waals surface area (Å²) < 4.78 is 28.8. The number of benzene rings is 1. The molecular formula is C18H29NO5S. The molecule has 142 valence electrons. The van der Waals surface area contributed by atoms with Crippen molar-refractivity contribution in [3.05, 3.63) is 34.4 Å². The Balaban J connectivity index is 2.16. The van der Waals surface area contributed by atoms with E-state index in [1.54, 1.807) is 0 Å². The van der Waals surface area contributed by atoms with Crippen molar-refractivity contribution in [2.24, 2.45) is 0 Å². The Hall–Kier alpha value is -1.63. The number of nitro groups is 1. The molecule has 0 heterocycles. The quantitative estimate of drug-likeness (QED) is 0.193. The molecule has 0 aromatic heterocycles. The predicted molar refractivity (Wildman–Crippen MR) is 99.4 cm³/mol. The Morgan fingerprint density at radius 3 is 1.84 bits per heavy atom. The van der Waals surface area contributed by atoms with Crippen molar-refractivity contribution in [1.82, 2.24) is 0 Å². The Morgan fingerprint density at radius 1 is 0.880 bits per heavy atom. The zero-order chi connectivity index (χ0) is 18.5. The summed E-state index contributed by atoms with van der Waals surface area (Å²) in [6.45, 7) is 2.21. The van der Waals surface area contributed by atoms with Gasteiger partial charge in [-0.1, -0.05) is 64.7 Å². The summed E-state index contributed by atoms with van der Waals surface area (Å²) in [4.78, 5) is 10.0. The van der Waals surface area contributed by atoms with E-state index in [0.717, 1.165) is 19.3 Å². The molecule has 0 saturated carbocycles. The zero-order valence-corrected chi connectivity index (χ0v) is 15.8. The van der Waals surface area contributed by atoms with Gasteiger partial charge in [0.15, 0.2) is 0 Å². The highest BCUT2D eigenvalue weighted by atomic mass is 32.2. The Kier molecular flexibility index (Phi) is 10.1. The fourth-order valence-electron chi connectivity index (χ4n) is 2.58. The van der Waals surface area contributed by atoms with Gasteiger partial charge in [0, 0.05) is 12.1 Å². The fourth-order valence-corrected chi connectivity index (χ4v) is 3.62. The standard InChI is InChI=1S/C18H29NO5S/c1-2-3-4-5-6-7-8-9-10-11-16-25(22,23)24-18-14-12-17(13-15-18)19(20)21/h12-15H,2-11,16H2,1H3. The van der Waals surface area contributed by atoms with Crippen LogP contribution in [0.15, 0.2) is 24.3 Å². The van der Waals surface area contributed by atoms with E-state index in [-0.39, 0.29) is 17.2 Å². The van der Waals surface area contributed by atoms with Crippen molar-refractivity contribution in [3.63, 3.8) is 0 Å². The van der Waals surface area contributed by atoms with Crippen LogP contribution in [0.3, 0.4) is 0 Å². The van der Waals surface area contributed by atoms with Crippen LogP contribution in [0.2, 0.25) is 0 Å². The van der Waals surface area contributed by atoms with Crippen LogP contribution in [0.5, 0.6) is 5.75 Å². The smallest absolute Gasteiger partial charge is 0.309 e. The molecule has 1 aromatic rings. The van der Waals surface area contributed by atoms with Crippen molar-refractivity contribution < 1.29 is 17.5 Å². The Morgan fingerprint density at radius 2 is 1.36 bits per heavy atom. The van der Waals surface area contributed by atoms with Gasteiger partial charge in [0.05, 0.1) is 10.7 Å². The van der Waals surface area contributed by atoms with Crippen LogP contribution in [0, 0.1) is 10.1 Å². The Labute approximate surface area is 150 Å². The van der Waals surface area contributed by atoms with E-state index in [9.17, 15) is 18.5 Å². The SMILES string of the molecule is CCCCCCCCCCCCS(=O)(=O)Oc1ccc([N+](=O)[O-])cc1. The normalized spacial score (nSPS) is 11.4. The van der Waals surface area contributed by atoms with Gasteiger partial charge in [-0.15, -0.1) is 0 Å². The molecule has 1 aromatic carbocycles. The van der Waals surface area contributed by atoms with Crippen LogP contribution in [-0.4, -0.2) is 19.1 Å². The maximum absolute atomic E-state index is 11.9. The maximum Gasteiger partial charge on any atom is 0.309 e. The molecule has 25 heavy (non-hydrogen) atoms. The second kappa shape index (κ2) is 11.8. The second-order valence-electron chi connectivity index (χ2n) is 6.28. The molecule has 0 aliphatic rings. The van der Waals surface area contributed by atoms with E-state index in [2.05, 4.69) is 6.92 Å². The van der Waals surface area contributed by atoms with Crippen molar-refractivity contribution in [1.29, 1.82) is 0 Å². The van der Waals surface area contributed by atoms with E-state index < -0.39 is 15.0 Å². The molecule has 0 radical (unpaired) electrons. The molecule has 0 spiro atoms. The number of unbranched alkanes of at least 4 members (excludes halogenated alkanes) is 9. The highest BCUT2D eigenvalue weighted by Crippen LogP contribution is 2.19. The first-order chi connectivity index (χ1) is 11.9. The van der Waals surface area contributed by atoms with Crippen LogP contribution in [0.1, 0.15) is 71.1 Å². The topological polar surface area (TPSA) is 86.5 Å². The van der Waals surface area contributed by atoms with E-state index in [1.165, 1.54) is 62.8 Å². The first-order valence-electron chi connectivity index (χ1n) is 9.11. The van der Waals surface area contributed by atoms with Gasteiger partial charge < -0.3 is 4.18 Å². The number of nitrogens with zero attached hydrogens (tertiary/aromatic N) is 1. The third kappa shape index (κ3) is 10.1. The molecule has 7 heteroatoms. The van der Waals surface area contributed by atoms with Gasteiger partial charge in [-0.25, -0.2) is 0 Å². The zero-order valence-electron chi connectivity index (χ0n) is 15.0. The number of nitro benzene ring substituents is 1. The lowest BCUT2D eigenvalue weighted by atomic mass is 10.1. The number of hydrogen-bond acceptors (Lipinski definition) is 5. The third-order valence-electron chi connectivity index (χ3n) is 4.02. The van der Waals surface area contributed by atoms with E-state index >= 15 is 0 Å². The highest BCUT2D eigenvalue weighted by Gasteiger charge is 2.13. The number of hydrogen-bond donors (Lipinski definition) is 0. The maximum atomic E-state index is 11.9. The summed E-state index contributed by atoms with van der Waals surface area (Å²) in [5.41, 5.74) is -0.0977. The van der Waals surface area contributed by atoms with Crippen molar-refractivity contribution in [2.75, 3.05) is 5.75 Å². The first kappa shape index (κ1) is 21.4. The molecule has 0 amide bonds. The third-order valence-corrected chi connectivity index (χ3v) is 5.25.